The van der Waals surface area contributed by atoms with E-state index in [0.29, 0.717) is 0 Å². The van der Waals surface area contributed by atoms with Gasteiger partial charge in [-0.05, 0) is 23.2 Å². The fourth-order valence-corrected chi connectivity index (χ4v) is 0.643. The van der Waals surface area contributed by atoms with Crippen LogP contribution in [0.2, 0.25) is 0 Å². The van der Waals surface area contributed by atoms with Crippen LogP contribution < -0.4 is 4.67 Å². The maximum absolute atomic E-state index is 10.4. The van der Waals surface area contributed by atoms with Gasteiger partial charge in [0.1, 0.15) is 0 Å². The molecule has 0 spiro atoms. The van der Waals surface area contributed by atoms with Crippen LogP contribution in [0.5, 0.6) is 0 Å². The summed E-state index contributed by atoms with van der Waals surface area (Å²) in [5.41, 5.74) is 0.0571. The summed E-state index contributed by atoms with van der Waals surface area (Å²) in [6.07, 6.45) is 1.27. The van der Waals surface area contributed by atoms with Gasteiger partial charge in [0.2, 0.25) is 0 Å². The highest BCUT2D eigenvalue weighted by Crippen LogP contribution is 2.03. The maximum atomic E-state index is 10.4. The third kappa shape index (κ3) is 1.56. The number of halogens is 2. The Hall–Kier alpha value is -0.850. The Balaban J connectivity index is 3.11. The highest BCUT2D eigenvalue weighted by Gasteiger charge is 2.15. The van der Waals surface area contributed by atoms with E-state index in [-0.39, 0.29) is 10.9 Å². The van der Waals surface area contributed by atoms with Crippen LogP contribution in [0.25, 0.3) is 0 Å². The van der Waals surface area contributed by atoms with Crippen molar-refractivity contribution in [3.63, 3.8) is 0 Å². The smallest absolute Gasteiger partial charge is 0.270 e. The molecule has 0 aromatic carbocycles. The highest BCUT2D eigenvalue weighted by molar-refractivity contribution is 6.83. The molecule has 1 aliphatic rings. The number of carbonyl (C=O) groups is 1. The van der Waals surface area contributed by atoms with Crippen LogP contribution in [0.1, 0.15) is 0 Å². The van der Waals surface area contributed by atoms with Gasteiger partial charge in [0, 0.05) is 4.99 Å². The Labute approximate surface area is 66.4 Å². The van der Waals surface area contributed by atoms with E-state index in [4.69, 9.17) is 23.2 Å². The number of carbonyl (C=O) groups excluding carboxylic acids is 1. The van der Waals surface area contributed by atoms with Gasteiger partial charge in [-0.1, -0.05) is 0 Å². The Morgan fingerprint density at radius 3 is 2.90 bits per heavy atom. The first kappa shape index (κ1) is 7.26. The summed E-state index contributed by atoms with van der Waals surface area (Å²) in [6.45, 7) is 0. The van der Waals surface area contributed by atoms with Gasteiger partial charge in [-0.3, -0.25) is 4.79 Å². The molecule has 5 heteroatoms. The van der Waals surface area contributed by atoms with E-state index < -0.39 is 5.24 Å². The Morgan fingerprint density at radius 1 is 1.80 bits per heavy atom. The first-order valence-electron chi connectivity index (χ1n) is 2.30. The molecule has 0 saturated carbocycles. The molecule has 50 valence electrons. The molecule has 0 fully saturated rings. The average molecular weight is 176 g/mol. The standard InChI is InChI=1S/C5HCl2N2O/c6-4-1-3(5(7)10)8-2-9-4/h1H/q+1. The molecule has 0 aromatic rings. The second-order valence-corrected chi connectivity index (χ2v) is 2.18. The normalized spacial score (nSPS) is 14.6. The molecule has 0 aromatic heterocycles. The molecule has 0 aliphatic carbocycles. The topological polar surface area (TPSA) is 43.5 Å². The molecule has 0 bridgehead atoms. The summed E-state index contributed by atoms with van der Waals surface area (Å²) >= 11 is 10.5. The lowest BCUT2D eigenvalue weighted by atomic mass is 10.4. The number of nitrogens with zero attached hydrogens (tertiary/aromatic N) is 2. The van der Waals surface area contributed by atoms with E-state index in [0.717, 1.165) is 0 Å². The molecule has 0 unspecified atom stereocenters. The number of allylic oxidation sites excluding steroid dienone is 1. The molecule has 0 atom stereocenters. The van der Waals surface area contributed by atoms with E-state index >= 15 is 0 Å². The molecule has 1 aliphatic heterocycles. The van der Waals surface area contributed by atoms with E-state index in [1.54, 1.807) is 0 Å². The minimum atomic E-state index is -0.666. The highest BCUT2D eigenvalue weighted by atomic mass is 35.5. The SMILES string of the molecule is O=C(Cl)C1=[N+]=C=NC(Cl)=C1. The van der Waals surface area contributed by atoms with Crippen molar-refractivity contribution in [1.82, 2.24) is 4.67 Å². The van der Waals surface area contributed by atoms with E-state index in [9.17, 15) is 4.79 Å². The molecule has 0 N–H and O–H groups in total. The lowest BCUT2D eigenvalue weighted by molar-refractivity contribution is -0.106. The number of hydrogen-bond donors (Lipinski definition) is 0. The van der Waals surface area contributed by atoms with Crippen molar-refractivity contribution < 1.29 is 4.79 Å². The van der Waals surface area contributed by atoms with Gasteiger partial charge in [-0.15, -0.1) is 4.67 Å². The minimum absolute atomic E-state index is 0.0571. The van der Waals surface area contributed by atoms with Crippen LogP contribution in [0.4, 0.5) is 0 Å². The summed E-state index contributed by atoms with van der Waals surface area (Å²) in [5.74, 6) is 0. The van der Waals surface area contributed by atoms with Gasteiger partial charge in [-0.2, -0.15) is 0 Å². The van der Waals surface area contributed by atoms with E-state index in [2.05, 4.69) is 15.7 Å². The molecule has 1 rings (SSSR count). The number of rotatable bonds is 1. The second kappa shape index (κ2) is 2.82. The van der Waals surface area contributed by atoms with Crippen molar-refractivity contribution in [1.29, 1.82) is 0 Å². The molecule has 0 radical (unpaired) electrons. The number of aliphatic imine (C=N–C) groups is 1. The zero-order valence-electron chi connectivity index (χ0n) is 4.64. The summed E-state index contributed by atoms with van der Waals surface area (Å²) in [7, 11) is 0. The Bertz CT molecular complexity index is 306. The van der Waals surface area contributed by atoms with Gasteiger partial charge < -0.3 is 0 Å². The van der Waals surface area contributed by atoms with Crippen molar-refractivity contribution in [3.05, 3.63) is 11.2 Å². The van der Waals surface area contributed by atoms with Crippen molar-refractivity contribution in [2.75, 3.05) is 0 Å². The third-order valence-corrected chi connectivity index (χ3v) is 1.17. The molecule has 3 nitrogen and oxygen atoms in total. The van der Waals surface area contributed by atoms with Crippen molar-refractivity contribution in [3.8, 4) is 0 Å². The molecule has 0 saturated heterocycles. The lowest BCUT2D eigenvalue weighted by Gasteiger charge is -1.79. The summed E-state index contributed by atoms with van der Waals surface area (Å²) in [5, 5.41) is -0.514. The first-order chi connectivity index (χ1) is 4.70. The van der Waals surface area contributed by atoms with Crippen molar-refractivity contribution in [2.24, 2.45) is 4.99 Å². The van der Waals surface area contributed by atoms with Gasteiger partial charge in [-0.25, -0.2) is 0 Å². The fraction of sp³-hybridized carbons (Fsp3) is 0. The fourth-order valence-electron chi connectivity index (χ4n) is 0.405. The first-order valence-corrected chi connectivity index (χ1v) is 3.06. The molecular weight excluding hydrogens is 175 g/mol. The monoisotopic (exact) mass is 175 g/mol. The van der Waals surface area contributed by atoms with Crippen molar-refractivity contribution >= 4 is 40.2 Å². The molecular formula is C5HCl2N2O+. The zero-order chi connectivity index (χ0) is 7.56. The van der Waals surface area contributed by atoms with E-state index in [1.807, 2.05) is 0 Å². The van der Waals surface area contributed by atoms with Crippen LogP contribution in [0.15, 0.2) is 16.2 Å². The van der Waals surface area contributed by atoms with Crippen LogP contribution in [-0.2, 0) is 4.79 Å². The Kier molecular flexibility index (Phi) is 2.05. The zero-order valence-corrected chi connectivity index (χ0v) is 6.15. The summed E-state index contributed by atoms with van der Waals surface area (Å²) in [6, 6.07) is 2.17. The van der Waals surface area contributed by atoms with Crippen LogP contribution in [-0.4, -0.2) is 17.0 Å². The van der Waals surface area contributed by atoms with E-state index in [1.165, 1.54) is 6.08 Å². The Morgan fingerprint density at radius 2 is 2.50 bits per heavy atom. The largest absolute Gasteiger partial charge is 0.431 e. The van der Waals surface area contributed by atoms with Crippen LogP contribution >= 0.6 is 23.2 Å². The second-order valence-electron chi connectivity index (χ2n) is 1.45. The summed E-state index contributed by atoms with van der Waals surface area (Å²) < 4.78 is 3.44. The molecule has 0 amide bonds. The molecule has 1 heterocycles. The quantitative estimate of drug-likeness (QED) is 0.326. The van der Waals surface area contributed by atoms with Gasteiger partial charge >= 0.3 is 17.0 Å². The molecule has 10 heavy (non-hydrogen) atoms. The van der Waals surface area contributed by atoms with Crippen LogP contribution in [0.3, 0.4) is 0 Å². The summed E-state index contributed by atoms with van der Waals surface area (Å²) in [4.78, 5) is 13.8. The average Bonchev–Trinajstić information content (AvgIpc) is 1.88. The predicted octanol–water partition coefficient (Wildman–Crippen LogP) is 0.528. The van der Waals surface area contributed by atoms with Gasteiger partial charge in [0.05, 0.1) is 6.08 Å². The number of hydrogen-bond acceptors (Lipinski definition) is 2. The van der Waals surface area contributed by atoms with Crippen LogP contribution in [0, 0.1) is 0 Å². The third-order valence-electron chi connectivity index (χ3n) is 0.784. The predicted molar refractivity (Wildman–Crippen MR) is 39.4 cm³/mol. The lowest BCUT2D eigenvalue weighted by Crippen LogP contribution is -2.09. The maximum Gasteiger partial charge on any atom is 0.431 e. The van der Waals surface area contributed by atoms with Gasteiger partial charge in [0.25, 0.3) is 5.16 Å². The van der Waals surface area contributed by atoms with Gasteiger partial charge in [0.15, 0.2) is 0 Å². The van der Waals surface area contributed by atoms with Crippen molar-refractivity contribution in [2.45, 2.75) is 0 Å². The minimum Gasteiger partial charge on any atom is -0.270 e.